The van der Waals surface area contributed by atoms with Gasteiger partial charge in [0.05, 0.1) is 0 Å². The number of benzene rings is 2. The summed E-state index contributed by atoms with van der Waals surface area (Å²) in [6.07, 6.45) is 1.09. The zero-order valence-corrected chi connectivity index (χ0v) is 15.4. The summed E-state index contributed by atoms with van der Waals surface area (Å²) >= 11 is 6.87. The number of carboxylic acid groups (broad SMARTS) is 1. The average molecular weight is 402 g/mol. The summed E-state index contributed by atoms with van der Waals surface area (Å²) in [7, 11) is 0. The Morgan fingerprint density at radius 3 is 2.37 bits per heavy atom. The molecule has 0 saturated heterocycles. The number of carbonyl (C=O) groups excluding carboxylic acids is 1. The first kappa shape index (κ1) is 18.8. The number of rotatable bonds is 5. The highest BCUT2D eigenvalue weighted by Crippen LogP contribution is 2.36. The van der Waals surface area contributed by atoms with Crippen LogP contribution in [0.25, 0.3) is 17.2 Å². The standard InChI is InChI=1S/C20H13ClFNO3S/c21-14-8-6-13(7-9-14)15-11-27-19(17(15)20(25)26)23-18(24)16(22)10-12-4-2-1-3-5-12/h1-11H,(H,23,24)(H,25,26)/b16-10-. The molecule has 0 saturated carbocycles. The molecule has 0 spiro atoms. The van der Waals surface area contributed by atoms with E-state index in [1.54, 1.807) is 60.0 Å². The van der Waals surface area contributed by atoms with E-state index < -0.39 is 17.7 Å². The van der Waals surface area contributed by atoms with Crippen LogP contribution in [0.15, 0.2) is 65.8 Å². The molecular formula is C20H13ClFNO3S. The maximum Gasteiger partial charge on any atom is 0.339 e. The molecular weight excluding hydrogens is 389 g/mol. The van der Waals surface area contributed by atoms with E-state index in [0.29, 0.717) is 21.7 Å². The third kappa shape index (κ3) is 4.42. The van der Waals surface area contributed by atoms with Gasteiger partial charge in [-0.1, -0.05) is 54.1 Å². The molecule has 27 heavy (non-hydrogen) atoms. The first-order valence-electron chi connectivity index (χ1n) is 7.80. The number of amides is 1. The van der Waals surface area contributed by atoms with Crippen LogP contribution in [-0.4, -0.2) is 17.0 Å². The summed E-state index contributed by atoms with van der Waals surface area (Å²) in [5, 5.41) is 14.1. The van der Waals surface area contributed by atoms with Crippen molar-refractivity contribution in [2.45, 2.75) is 0 Å². The lowest BCUT2D eigenvalue weighted by atomic mass is 10.0. The zero-order valence-electron chi connectivity index (χ0n) is 13.8. The molecule has 1 amide bonds. The zero-order chi connectivity index (χ0) is 19.4. The Morgan fingerprint density at radius 1 is 1.07 bits per heavy atom. The summed E-state index contributed by atoms with van der Waals surface area (Å²) in [5.41, 5.74) is 1.49. The molecule has 0 aliphatic carbocycles. The van der Waals surface area contributed by atoms with Crippen LogP contribution in [0.3, 0.4) is 0 Å². The van der Waals surface area contributed by atoms with Crippen LogP contribution < -0.4 is 5.32 Å². The average Bonchev–Trinajstić information content (AvgIpc) is 3.07. The van der Waals surface area contributed by atoms with Crippen molar-refractivity contribution in [2.75, 3.05) is 5.32 Å². The minimum absolute atomic E-state index is 0.0639. The molecule has 0 radical (unpaired) electrons. The van der Waals surface area contributed by atoms with Gasteiger partial charge in [-0.2, -0.15) is 0 Å². The quantitative estimate of drug-likeness (QED) is 0.537. The predicted octanol–water partition coefficient (Wildman–Crippen LogP) is 5.72. The van der Waals surface area contributed by atoms with E-state index in [9.17, 15) is 19.1 Å². The van der Waals surface area contributed by atoms with Gasteiger partial charge >= 0.3 is 5.97 Å². The topological polar surface area (TPSA) is 66.4 Å². The Bertz CT molecular complexity index is 1010. The van der Waals surface area contributed by atoms with Crippen molar-refractivity contribution < 1.29 is 19.1 Å². The van der Waals surface area contributed by atoms with E-state index >= 15 is 0 Å². The van der Waals surface area contributed by atoms with Crippen LogP contribution in [0.2, 0.25) is 5.02 Å². The van der Waals surface area contributed by atoms with Gasteiger partial charge in [0.25, 0.3) is 5.91 Å². The maximum absolute atomic E-state index is 14.2. The highest BCUT2D eigenvalue weighted by atomic mass is 35.5. The highest BCUT2D eigenvalue weighted by molar-refractivity contribution is 7.15. The molecule has 0 atom stereocenters. The minimum Gasteiger partial charge on any atom is -0.478 e. The van der Waals surface area contributed by atoms with Crippen molar-refractivity contribution in [3.63, 3.8) is 0 Å². The van der Waals surface area contributed by atoms with Crippen molar-refractivity contribution in [1.29, 1.82) is 0 Å². The molecule has 0 bridgehead atoms. The fourth-order valence-corrected chi connectivity index (χ4v) is 3.51. The van der Waals surface area contributed by atoms with Crippen LogP contribution in [0.1, 0.15) is 15.9 Å². The van der Waals surface area contributed by atoms with Gasteiger partial charge in [0, 0.05) is 16.0 Å². The molecule has 0 aliphatic heterocycles. The first-order valence-corrected chi connectivity index (χ1v) is 9.06. The lowest BCUT2D eigenvalue weighted by Crippen LogP contribution is -2.13. The van der Waals surface area contributed by atoms with Gasteiger partial charge < -0.3 is 10.4 Å². The van der Waals surface area contributed by atoms with Crippen LogP contribution in [-0.2, 0) is 4.79 Å². The summed E-state index contributed by atoms with van der Waals surface area (Å²) < 4.78 is 14.2. The summed E-state index contributed by atoms with van der Waals surface area (Å²) in [5.74, 6) is -3.24. The largest absolute Gasteiger partial charge is 0.478 e. The molecule has 3 aromatic rings. The number of anilines is 1. The molecule has 136 valence electrons. The highest BCUT2D eigenvalue weighted by Gasteiger charge is 2.22. The summed E-state index contributed by atoms with van der Waals surface area (Å²) in [4.78, 5) is 23.8. The molecule has 1 heterocycles. The smallest absolute Gasteiger partial charge is 0.339 e. The van der Waals surface area contributed by atoms with Crippen LogP contribution in [0.5, 0.6) is 0 Å². The van der Waals surface area contributed by atoms with Crippen molar-refractivity contribution in [1.82, 2.24) is 0 Å². The number of halogens is 2. The van der Waals surface area contributed by atoms with E-state index in [0.717, 1.165) is 17.4 Å². The Hall–Kier alpha value is -2.96. The van der Waals surface area contributed by atoms with Gasteiger partial charge in [-0.3, -0.25) is 4.79 Å². The predicted molar refractivity (Wildman–Crippen MR) is 106 cm³/mol. The third-order valence-corrected chi connectivity index (χ3v) is 4.84. The Kier molecular flexibility index (Phi) is 5.69. The second kappa shape index (κ2) is 8.16. The second-order valence-electron chi connectivity index (χ2n) is 5.52. The van der Waals surface area contributed by atoms with Crippen molar-refractivity contribution in [3.8, 4) is 11.1 Å². The van der Waals surface area contributed by atoms with Crippen molar-refractivity contribution in [3.05, 3.63) is 82.0 Å². The number of aromatic carboxylic acids is 1. The van der Waals surface area contributed by atoms with Gasteiger partial charge in [0.15, 0.2) is 5.83 Å². The van der Waals surface area contributed by atoms with Crippen LogP contribution >= 0.6 is 22.9 Å². The van der Waals surface area contributed by atoms with E-state index in [-0.39, 0.29) is 10.6 Å². The third-order valence-electron chi connectivity index (χ3n) is 3.70. The number of carbonyl (C=O) groups is 2. The number of nitrogens with one attached hydrogen (secondary N) is 1. The lowest BCUT2D eigenvalue weighted by Gasteiger charge is -2.05. The van der Waals surface area contributed by atoms with Crippen LogP contribution in [0.4, 0.5) is 9.39 Å². The number of thiophene rings is 1. The second-order valence-corrected chi connectivity index (χ2v) is 6.84. The van der Waals surface area contributed by atoms with E-state index in [2.05, 4.69) is 5.32 Å². The molecule has 2 N–H and O–H groups in total. The van der Waals surface area contributed by atoms with Gasteiger partial charge in [0.1, 0.15) is 10.6 Å². The number of hydrogen-bond acceptors (Lipinski definition) is 3. The van der Waals surface area contributed by atoms with Gasteiger partial charge in [-0.05, 0) is 29.3 Å². The Labute approximate surface area is 163 Å². The molecule has 3 rings (SSSR count). The number of carboxylic acids is 1. The van der Waals surface area contributed by atoms with E-state index in [4.69, 9.17) is 11.6 Å². The summed E-state index contributed by atoms with van der Waals surface area (Å²) in [6, 6.07) is 15.2. The van der Waals surface area contributed by atoms with Crippen molar-refractivity contribution >= 4 is 45.9 Å². The van der Waals surface area contributed by atoms with Gasteiger partial charge in [-0.15, -0.1) is 11.3 Å². The van der Waals surface area contributed by atoms with Gasteiger partial charge in [-0.25, -0.2) is 9.18 Å². The minimum atomic E-state index is -1.22. The monoisotopic (exact) mass is 401 g/mol. The molecule has 2 aromatic carbocycles. The fourth-order valence-electron chi connectivity index (χ4n) is 2.43. The van der Waals surface area contributed by atoms with Crippen molar-refractivity contribution in [2.24, 2.45) is 0 Å². The molecule has 0 aliphatic rings. The molecule has 1 aromatic heterocycles. The molecule has 0 unspecified atom stereocenters. The van der Waals surface area contributed by atoms with Gasteiger partial charge in [0.2, 0.25) is 0 Å². The first-order chi connectivity index (χ1) is 13.0. The SMILES string of the molecule is O=C(Nc1scc(-c2ccc(Cl)cc2)c1C(=O)O)/C(F)=C/c1ccccc1. The summed E-state index contributed by atoms with van der Waals surface area (Å²) in [6.45, 7) is 0. The Balaban J connectivity index is 1.89. The molecule has 7 heteroatoms. The molecule has 4 nitrogen and oxygen atoms in total. The number of hydrogen-bond donors (Lipinski definition) is 2. The molecule has 0 fully saturated rings. The van der Waals surface area contributed by atoms with E-state index in [1.807, 2.05) is 0 Å². The fraction of sp³-hybridized carbons (Fsp3) is 0. The van der Waals surface area contributed by atoms with E-state index in [1.165, 1.54) is 0 Å². The van der Waals surface area contributed by atoms with Crippen LogP contribution in [0, 0.1) is 0 Å². The Morgan fingerprint density at radius 2 is 1.74 bits per heavy atom. The lowest BCUT2D eigenvalue weighted by molar-refractivity contribution is -0.114. The maximum atomic E-state index is 14.2. The normalized spacial score (nSPS) is 11.3.